The lowest BCUT2D eigenvalue weighted by atomic mass is 9.38. The third-order valence-electron chi connectivity index (χ3n) is 11.1. The molecule has 0 aromatic rings. The van der Waals surface area contributed by atoms with Gasteiger partial charge in [-0.25, -0.2) is 4.79 Å². The number of carboxylic acid groups (broad SMARTS) is 1. The van der Waals surface area contributed by atoms with Gasteiger partial charge in [-0.1, -0.05) is 51.2 Å². The van der Waals surface area contributed by atoms with Crippen molar-refractivity contribution in [1.82, 2.24) is 0 Å². The Hall–Kier alpha value is -1.84. The van der Waals surface area contributed by atoms with Gasteiger partial charge in [0.15, 0.2) is 0 Å². The summed E-state index contributed by atoms with van der Waals surface area (Å²) < 4.78 is 5.03. The van der Waals surface area contributed by atoms with Gasteiger partial charge in [0, 0.05) is 12.0 Å². The molecule has 1 N–H and O–H groups in total. The summed E-state index contributed by atoms with van der Waals surface area (Å²) in [5.41, 5.74) is 3.51. The smallest absolute Gasteiger partial charge is 0.330 e. The molecule has 3 fully saturated rings. The molecule has 0 aromatic carbocycles. The largest absolute Gasteiger partial charge is 0.478 e. The van der Waals surface area contributed by atoms with E-state index in [1.54, 1.807) is 6.92 Å². The van der Waals surface area contributed by atoms with Crippen LogP contribution in [0, 0.1) is 39.9 Å². The molecule has 0 aliphatic heterocycles. The van der Waals surface area contributed by atoms with Crippen LogP contribution < -0.4 is 0 Å². The van der Waals surface area contributed by atoms with Crippen molar-refractivity contribution in [1.29, 1.82) is 0 Å². The number of carbonyl (C=O) groups excluding carboxylic acids is 1. The molecule has 3 aliphatic rings. The van der Waals surface area contributed by atoms with Gasteiger partial charge < -0.3 is 9.84 Å². The Labute approximate surface area is 213 Å². The zero-order chi connectivity index (χ0) is 26.2. The third-order valence-corrected chi connectivity index (χ3v) is 11.1. The van der Waals surface area contributed by atoms with Crippen LogP contribution in [0.1, 0.15) is 98.8 Å². The number of carboxylic acids is 1. The Kier molecular flexibility index (Phi) is 8.13. The molecule has 7 atom stereocenters. The standard InChI is InChI=1S/C31H48O4/c1-20(2)24-15-19-31(7)26(29(24,5)17-16-27(32)35-8)13-12-25-23(14-18-30(25,31)6)21(3)10-9-11-22(4)28(33)34/h11,23-26H,1,3,9-10,12-19H2,2,4-8H3,(H,33,34). The maximum Gasteiger partial charge on any atom is 0.330 e. The second kappa shape index (κ2) is 10.3. The number of fused-ring (bicyclic) bond motifs is 3. The van der Waals surface area contributed by atoms with Gasteiger partial charge in [0.25, 0.3) is 0 Å². The Bertz CT molecular complexity index is 900. The van der Waals surface area contributed by atoms with E-state index in [-0.39, 0.29) is 22.2 Å². The molecule has 0 bridgehead atoms. The molecule has 196 valence electrons. The van der Waals surface area contributed by atoms with Crippen LogP contribution in [0.15, 0.2) is 36.0 Å². The first kappa shape index (κ1) is 27.7. The molecule has 0 spiro atoms. The summed E-state index contributed by atoms with van der Waals surface area (Å²) in [5.74, 6) is 1.22. The number of allylic oxidation sites excluding steroid dienone is 3. The summed E-state index contributed by atoms with van der Waals surface area (Å²) in [6, 6.07) is 0. The first-order valence-corrected chi connectivity index (χ1v) is 13.6. The Balaban J connectivity index is 1.84. The molecule has 35 heavy (non-hydrogen) atoms. The van der Waals surface area contributed by atoms with E-state index in [0.717, 1.165) is 25.7 Å². The normalized spacial score (nSPS) is 38.9. The Morgan fingerprint density at radius 2 is 1.66 bits per heavy atom. The van der Waals surface area contributed by atoms with Crippen LogP contribution >= 0.6 is 0 Å². The summed E-state index contributed by atoms with van der Waals surface area (Å²) in [7, 11) is 1.49. The van der Waals surface area contributed by atoms with Crippen molar-refractivity contribution in [3.8, 4) is 0 Å². The first-order chi connectivity index (χ1) is 16.3. The van der Waals surface area contributed by atoms with Crippen molar-refractivity contribution < 1.29 is 19.4 Å². The van der Waals surface area contributed by atoms with E-state index in [1.165, 1.54) is 50.4 Å². The Morgan fingerprint density at radius 1 is 1.00 bits per heavy atom. The monoisotopic (exact) mass is 484 g/mol. The number of esters is 1. The highest BCUT2D eigenvalue weighted by Crippen LogP contribution is 2.73. The van der Waals surface area contributed by atoms with Gasteiger partial charge >= 0.3 is 11.9 Å². The molecule has 4 nitrogen and oxygen atoms in total. The zero-order valence-electron chi connectivity index (χ0n) is 23.0. The van der Waals surface area contributed by atoms with E-state index >= 15 is 0 Å². The van der Waals surface area contributed by atoms with Crippen molar-refractivity contribution in [3.63, 3.8) is 0 Å². The number of hydrogen-bond acceptors (Lipinski definition) is 3. The SMILES string of the molecule is C=C(CCC=C(C)C(=O)O)C1CCC2(C)C1CCC1C(C)(CCC(=O)OC)C(C(=C)C)CCC12C. The van der Waals surface area contributed by atoms with Crippen LogP contribution in [-0.4, -0.2) is 24.2 Å². The minimum absolute atomic E-state index is 0.0508. The third kappa shape index (κ3) is 4.79. The van der Waals surface area contributed by atoms with Crippen molar-refractivity contribution in [2.75, 3.05) is 7.11 Å². The van der Waals surface area contributed by atoms with E-state index in [0.29, 0.717) is 35.7 Å². The summed E-state index contributed by atoms with van der Waals surface area (Å²) in [4.78, 5) is 23.3. The lowest BCUT2D eigenvalue weighted by molar-refractivity contribution is -0.169. The lowest BCUT2D eigenvalue weighted by Gasteiger charge is -2.66. The lowest BCUT2D eigenvalue weighted by Crippen LogP contribution is -2.59. The highest BCUT2D eigenvalue weighted by molar-refractivity contribution is 5.85. The highest BCUT2D eigenvalue weighted by atomic mass is 16.5. The van der Waals surface area contributed by atoms with E-state index in [9.17, 15) is 9.59 Å². The number of aliphatic carboxylic acids is 1. The van der Waals surface area contributed by atoms with Crippen LogP contribution in [-0.2, 0) is 14.3 Å². The fourth-order valence-corrected chi connectivity index (χ4v) is 8.98. The van der Waals surface area contributed by atoms with Crippen LogP contribution in [0.4, 0.5) is 0 Å². The average molecular weight is 485 g/mol. The van der Waals surface area contributed by atoms with Gasteiger partial charge in [-0.3, -0.25) is 4.79 Å². The van der Waals surface area contributed by atoms with Gasteiger partial charge in [0.05, 0.1) is 7.11 Å². The molecule has 4 heteroatoms. The van der Waals surface area contributed by atoms with E-state index in [1.807, 2.05) is 6.08 Å². The van der Waals surface area contributed by atoms with E-state index in [4.69, 9.17) is 9.84 Å². The molecule has 3 aliphatic carbocycles. The van der Waals surface area contributed by atoms with Gasteiger partial charge in [-0.2, -0.15) is 0 Å². The van der Waals surface area contributed by atoms with E-state index < -0.39 is 5.97 Å². The number of carbonyl (C=O) groups is 2. The van der Waals surface area contributed by atoms with Gasteiger partial charge in [0.2, 0.25) is 0 Å². The summed E-state index contributed by atoms with van der Waals surface area (Å²) in [6.45, 7) is 20.3. The van der Waals surface area contributed by atoms with Crippen LogP contribution in [0.25, 0.3) is 0 Å². The fourth-order valence-electron chi connectivity index (χ4n) is 8.98. The fraction of sp³-hybridized carbons (Fsp3) is 0.742. The van der Waals surface area contributed by atoms with Gasteiger partial charge in [0.1, 0.15) is 0 Å². The molecule has 0 saturated heterocycles. The zero-order valence-corrected chi connectivity index (χ0v) is 23.0. The Morgan fingerprint density at radius 3 is 2.26 bits per heavy atom. The average Bonchev–Trinajstić information content (AvgIpc) is 3.15. The molecule has 7 unspecified atom stereocenters. The summed E-state index contributed by atoms with van der Waals surface area (Å²) in [5, 5.41) is 9.14. The van der Waals surface area contributed by atoms with E-state index in [2.05, 4.69) is 40.9 Å². The molecule has 0 aromatic heterocycles. The van der Waals surface area contributed by atoms with Crippen molar-refractivity contribution in [2.24, 2.45) is 39.9 Å². The second-order valence-corrected chi connectivity index (χ2v) is 12.6. The number of methoxy groups -OCH3 is 1. The topological polar surface area (TPSA) is 63.6 Å². The van der Waals surface area contributed by atoms with Crippen molar-refractivity contribution >= 4 is 11.9 Å². The van der Waals surface area contributed by atoms with Crippen LogP contribution in [0.2, 0.25) is 0 Å². The quantitative estimate of drug-likeness (QED) is 0.206. The molecule has 3 rings (SSSR count). The van der Waals surface area contributed by atoms with Gasteiger partial charge in [-0.15, -0.1) is 0 Å². The minimum Gasteiger partial charge on any atom is -0.478 e. The minimum atomic E-state index is -0.837. The van der Waals surface area contributed by atoms with Crippen LogP contribution in [0.5, 0.6) is 0 Å². The van der Waals surface area contributed by atoms with Crippen molar-refractivity contribution in [3.05, 3.63) is 36.0 Å². The van der Waals surface area contributed by atoms with Gasteiger partial charge in [-0.05, 0) is 112 Å². The predicted molar refractivity (Wildman–Crippen MR) is 142 cm³/mol. The molecule has 0 amide bonds. The number of rotatable bonds is 9. The maximum atomic E-state index is 12.2. The number of ether oxygens (including phenoxy) is 1. The molecule has 3 saturated carbocycles. The first-order valence-electron chi connectivity index (χ1n) is 13.6. The van der Waals surface area contributed by atoms with Crippen LogP contribution in [0.3, 0.4) is 0 Å². The summed E-state index contributed by atoms with van der Waals surface area (Å²) in [6.07, 6.45) is 12.0. The molecular weight excluding hydrogens is 436 g/mol. The second-order valence-electron chi connectivity index (χ2n) is 12.6. The number of hydrogen-bond donors (Lipinski definition) is 1. The highest BCUT2D eigenvalue weighted by Gasteiger charge is 2.65. The maximum absolute atomic E-state index is 12.2. The predicted octanol–water partition coefficient (Wildman–Crippen LogP) is 7.75. The molecule has 0 heterocycles. The summed E-state index contributed by atoms with van der Waals surface area (Å²) >= 11 is 0. The molecular formula is C31H48O4. The van der Waals surface area contributed by atoms with Crippen molar-refractivity contribution in [2.45, 2.75) is 98.8 Å². The molecule has 0 radical (unpaired) electrons.